The molecule has 0 fully saturated rings. The number of nitrogens with zero attached hydrogens (tertiary/aromatic N) is 1. The average molecular weight is 436 g/mol. The summed E-state index contributed by atoms with van der Waals surface area (Å²) < 4.78 is 6.05. The molecule has 3 N–H and O–H groups in total. The van der Waals surface area contributed by atoms with Crippen molar-refractivity contribution in [2.45, 2.75) is 6.61 Å². The third kappa shape index (κ3) is 3.00. The summed E-state index contributed by atoms with van der Waals surface area (Å²) in [6.45, 7) is 0.0983. The van der Waals surface area contributed by atoms with E-state index in [0.717, 1.165) is 5.39 Å². The van der Waals surface area contributed by atoms with Crippen molar-refractivity contribution in [2.24, 2.45) is 0 Å². The van der Waals surface area contributed by atoms with E-state index in [9.17, 15) is 14.4 Å². The van der Waals surface area contributed by atoms with Crippen LogP contribution >= 0.6 is 0 Å². The lowest BCUT2D eigenvalue weighted by Gasteiger charge is -2.11. The van der Waals surface area contributed by atoms with Crippen molar-refractivity contribution in [3.63, 3.8) is 0 Å². The number of nitrogens with one attached hydrogen (secondary N) is 3. The number of aromatic amines is 3. The third-order valence-electron chi connectivity index (χ3n) is 5.77. The molecule has 4 heterocycles. The predicted molar refractivity (Wildman–Crippen MR) is 127 cm³/mol. The standard InChI is InChI=1S/C25H16N4O4/c30-18-5-8-26-22-14(18)3-4-17-21(7-10-28-24(17)22)33-12-13-11-20(32)16-2-1-15-19(31)6-9-27-23(15)25(16)29-13/h1-11H,12H2,(H,26,30)(H,27,31)(H,29,32). The molecular formula is C25H16N4O4. The number of hydrogen-bond donors (Lipinski definition) is 3. The Labute approximate surface area is 184 Å². The van der Waals surface area contributed by atoms with Crippen LogP contribution in [0.15, 0.2) is 81.5 Å². The maximum Gasteiger partial charge on any atom is 0.189 e. The number of aromatic nitrogens is 4. The van der Waals surface area contributed by atoms with Crippen LogP contribution in [0.3, 0.4) is 0 Å². The molecule has 0 amide bonds. The second kappa shape index (κ2) is 7.16. The molecule has 8 heteroatoms. The molecular weight excluding hydrogens is 420 g/mol. The molecule has 0 aliphatic rings. The van der Waals surface area contributed by atoms with Gasteiger partial charge in [-0.3, -0.25) is 19.4 Å². The van der Waals surface area contributed by atoms with Crippen molar-refractivity contribution in [3.8, 4) is 5.75 Å². The zero-order valence-electron chi connectivity index (χ0n) is 17.1. The van der Waals surface area contributed by atoms with Crippen LogP contribution < -0.4 is 21.0 Å². The molecule has 0 radical (unpaired) electrons. The largest absolute Gasteiger partial charge is 0.487 e. The molecule has 0 aliphatic carbocycles. The van der Waals surface area contributed by atoms with Gasteiger partial charge in [0.2, 0.25) is 0 Å². The third-order valence-corrected chi connectivity index (χ3v) is 5.77. The van der Waals surface area contributed by atoms with Gasteiger partial charge in [-0.05, 0) is 30.3 Å². The highest BCUT2D eigenvalue weighted by Crippen LogP contribution is 2.28. The molecule has 160 valence electrons. The number of pyridine rings is 4. The molecule has 4 aromatic heterocycles. The van der Waals surface area contributed by atoms with Crippen molar-refractivity contribution < 1.29 is 4.74 Å². The lowest BCUT2D eigenvalue weighted by Crippen LogP contribution is -2.10. The van der Waals surface area contributed by atoms with Gasteiger partial charge < -0.3 is 19.7 Å². The summed E-state index contributed by atoms with van der Waals surface area (Å²) in [5, 5.41) is 2.27. The summed E-state index contributed by atoms with van der Waals surface area (Å²) in [6.07, 6.45) is 4.76. The minimum absolute atomic E-state index is 0.0854. The Hall–Kier alpha value is -4.72. The van der Waals surface area contributed by atoms with Crippen LogP contribution in [0.4, 0.5) is 0 Å². The van der Waals surface area contributed by atoms with Crippen LogP contribution in [0.2, 0.25) is 0 Å². The Morgan fingerprint density at radius 3 is 2.09 bits per heavy atom. The van der Waals surface area contributed by atoms with Gasteiger partial charge in [-0.2, -0.15) is 0 Å². The van der Waals surface area contributed by atoms with Crippen LogP contribution in [0.1, 0.15) is 5.69 Å². The molecule has 0 aliphatic heterocycles. The Morgan fingerprint density at radius 1 is 0.697 bits per heavy atom. The average Bonchev–Trinajstić information content (AvgIpc) is 2.83. The van der Waals surface area contributed by atoms with E-state index in [1.807, 2.05) is 0 Å². The summed E-state index contributed by atoms with van der Waals surface area (Å²) in [7, 11) is 0. The maximum absolute atomic E-state index is 12.7. The molecule has 0 bridgehead atoms. The number of hydrogen-bond acceptors (Lipinski definition) is 5. The minimum atomic E-state index is -0.169. The van der Waals surface area contributed by atoms with Gasteiger partial charge in [0.25, 0.3) is 0 Å². The van der Waals surface area contributed by atoms with E-state index in [1.54, 1.807) is 48.9 Å². The normalized spacial score (nSPS) is 11.5. The summed E-state index contributed by atoms with van der Waals surface area (Å²) in [6, 6.07) is 13.0. The van der Waals surface area contributed by atoms with E-state index in [-0.39, 0.29) is 22.9 Å². The van der Waals surface area contributed by atoms with Gasteiger partial charge in [0.15, 0.2) is 16.3 Å². The Bertz CT molecular complexity index is 1900. The van der Waals surface area contributed by atoms with E-state index in [1.165, 1.54) is 18.2 Å². The monoisotopic (exact) mass is 436 g/mol. The lowest BCUT2D eigenvalue weighted by molar-refractivity contribution is 0.305. The van der Waals surface area contributed by atoms with Crippen LogP contribution in [0.25, 0.3) is 43.6 Å². The zero-order chi connectivity index (χ0) is 22.5. The SMILES string of the molecule is O=c1cc[nH]c2c1ccc1c(OCc3cc(=O)c4ccc5c(=O)cc[nH]c5c4[nH]3)ccnc12. The highest BCUT2D eigenvalue weighted by atomic mass is 16.5. The number of ether oxygens (including phenoxy) is 1. The molecule has 8 nitrogen and oxygen atoms in total. The van der Waals surface area contributed by atoms with Gasteiger partial charge in [0, 0.05) is 58.3 Å². The van der Waals surface area contributed by atoms with Crippen LogP contribution in [0, 0.1) is 0 Å². The van der Waals surface area contributed by atoms with Gasteiger partial charge in [0.1, 0.15) is 12.4 Å². The second-order valence-electron chi connectivity index (χ2n) is 7.74. The molecule has 0 atom stereocenters. The number of benzene rings is 2. The van der Waals surface area contributed by atoms with Crippen LogP contribution in [-0.4, -0.2) is 19.9 Å². The first kappa shape index (κ1) is 19.0. The van der Waals surface area contributed by atoms with Gasteiger partial charge in [-0.1, -0.05) is 0 Å². The van der Waals surface area contributed by atoms with E-state index in [0.29, 0.717) is 49.7 Å². The van der Waals surface area contributed by atoms with E-state index in [4.69, 9.17) is 4.74 Å². The van der Waals surface area contributed by atoms with Gasteiger partial charge in [-0.15, -0.1) is 0 Å². The Morgan fingerprint density at radius 2 is 1.33 bits per heavy atom. The van der Waals surface area contributed by atoms with Crippen molar-refractivity contribution >= 4 is 43.6 Å². The molecule has 0 saturated carbocycles. The van der Waals surface area contributed by atoms with E-state index < -0.39 is 0 Å². The zero-order valence-corrected chi connectivity index (χ0v) is 17.1. The van der Waals surface area contributed by atoms with E-state index >= 15 is 0 Å². The lowest BCUT2D eigenvalue weighted by atomic mass is 10.1. The van der Waals surface area contributed by atoms with E-state index in [2.05, 4.69) is 19.9 Å². The first-order valence-electron chi connectivity index (χ1n) is 10.3. The van der Waals surface area contributed by atoms with Gasteiger partial charge >= 0.3 is 0 Å². The molecule has 0 unspecified atom stereocenters. The smallest absolute Gasteiger partial charge is 0.189 e. The van der Waals surface area contributed by atoms with Crippen molar-refractivity contribution in [1.29, 1.82) is 0 Å². The molecule has 0 saturated heterocycles. The molecule has 2 aromatic carbocycles. The second-order valence-corrected chi connectivity index (χ2v) is 7.74. The fourth-order valence-corrected chi connectivity index (χ4v) is 4.21. The summed E-state index contributed by atoms with van der Waals surface area (Å²) in [5.74, 6) is 0.568. The van der Waals surface area contributed by atoms with Crippen LogP contribution in [-0.2, 0) is 6.61 Å². The summed E-state index contributed by atoms with van der Waals surface area (Å²) in [5.41, 5.74) is 2.57. The Balaban J connectivity index is 1.44. The first-order valence-corrected chi connectivity index (χ1v) is 10.3. The molecule has 0 spiro atoms. The highest BCUT2D eigenvalue weighted by molar-refractivity contribution is 6.04. The highest BCUT2D eigenvalue weighted by Gasteiger charge is 2.11. The quantitative estimate of drug-likeness (QED) is 0.368. The summed E-state index contributed by atoms with van der Waals surface area (Å²) in [4.78, 5) is 50.8. The fraction of sp³-hybridized carbons (Fsp3) is 0.0400. The van der Waals surface area contributed by atoms with Crippen molar-refractivity contribution in [3.05, 3.63) is 103 Å². The maximum atomic E-state index is 12.7. The van der Waals surface area contributed by atoms with Crippen molar-refractivity contribution in [2.75, 3.05) is 0 Å². The molecule has 6 aromatic rings. The Kier molecular flexibility index (Phi) is 4.13. The van der Waals surface area contributed by atoms with Crippen molar-refractivity contribution in [1.82, 2.24) is 19.9 Å². The first-order chi connectivity index (χ1) is 16.1. The fourth-order valence-electron chi connectivity index (χ4n) is 4.21. The number of H-pyrrole nitrogens is 3. The topological polar surface area (TPSA) is 121 Å². The van der Waals surface area contributed by atoms with Crippen LogP contribution in [0.5, 0.6) is 5.75 Å². The van der Waals surface area contributed by atoms with Gasteiger partial charge in [-0.25, -0.2) is 0 Å². The molecule has 33 heavy (non-hydrogen) atoms. The number of fused-ring (bicyclic) bond motifs is 6. The van der Waals surface area contributed by atoms with Gasteiger partial charge in [0.05, 0.1) is 27.8 Å². The number of rotatable bonds is 3. The molecule has 6 rings (SSSR count). The minimum Gasteiger partial charge on any atom is -0.487 e. The summed E-state index contributed by atoms with van der Waals surface area (Å²) >= 11 is 0. The predicted octanol–water partition coefficient (Wildman–Crippen LogP) is 3.34.